The van der Waals surface area contributed by atoms with Gasteiger partial charge in [-0.25, -0.2) is 0 Å². The summed E-state index contributed by atoms with van der Waals surface area (Å²) in [6, 6.07) is -0.333. The molecule has 3 N–H and O–H groups in total. The van der Waals surface area contributed by atoms with Gasteiger partial charge in [-0.2, -0.15) is 0 Å². The summed E-state index contributed by atoms with van der Waals surface area (Å²) in [5.41, 5.74) is 5.67. The number of likely N-dealkylation sites (N-methyl/N-ethyl adjacent to an activating group) is 1. The molecule has 0 aromatic carbocycles. The fourth-order valence-electron chi connectivity index (χ4n) is 1.10. The van der Waals surface area contributed by atoms with E-state index in [4.69, 9.17) is 5.73 Å². The largest absolute Gasteiger partial charge is 0.370 e. The fourth-order valence-corrected chi connectivity index (χ4v) is 1.10. The molecule has 16 heavy (non-hydrogen) atoms. The smallest absolute Gasteiger partial charge is 0.244 e. The third-order valence-corrected chi connectivity index (χ3v) is 2.21. The topological polar surface area (TPSA) is 70.7 Å². The minimum atomic E-state index is -0.333. The zero-order chi connectivity index (χ0) is 12.7. The fraction of sp³-hybridized carbons (Fsp3) is 0.818. The van der Waals surface area contributed by atoms with Crippen LogP contribution in [-0.4, -0.2) is 42.9 Å². The normalized spacial score (nSPS) is 13.8. The number of nitrogens with zero attached hydrogens (tertiary/aromatic N) is 2. The summed E-state index contributed by atoms with van der Waals surface area (Å²) < 4.78 is 0. The van der Waals surface area contributed by atoms with E-state index in [1.165, 1.54) is 0 Å². The molecule has 0 bridgehead atoms. The summed E-state index contributed by atoms with van der Waals surface area (Å²) in [6.45, 7) is 9.21. The Morgan fingerprint density at radius 3 is 2.44 bits per heavy atom. The second-order valence-corrected chi connectivity index (χ2v) is 4.34. The van der Waals surface area contributed by atoms with E-state index in [2.05, 4.69) is 24.2 Å². The van der Waals surface area contributed by atoms with Crippen LogP contribution < -0.4 is 11.1 Å². The summed E-state index contributed by atoms with van der Waals surface area (Å²) in [6.07, 6.45) is 0. The minimum Gasteiger partial charge on any atom is -0.370 e. The van der Waals surface area contributed by atoms with Crippen molar-refractivity contribution in [1.29, 1.82) is 0 Å². The van der Waals surface area contributed by atoms with Crippen LogP contribution in [0.2, 0.25) is 0 Å². The molecule has 0 aliphatic heterocycles. The average Bonchev–Trinajstić information content (AvgIpc) is 2.24. The number of guanidine groups is 1. The molecule has 94 valence electrons. The van der Waals surface area contributed by atoms with Crippen molar-refractivity contribution >= 4 is 11.9 Å². The van der Waals surface area contributed by atoms with Gasteiger partial charge in [-0.3, -0.25) is 9.79 Å². The van der Waals surface area contributed by atoms with E-state index < -0.39 is 0 Å². The van der Waals surface area contributed by atoms with Crippen LogP contribution in [0.3, 0.4) is 0 Å². The Morgan fingerprint density at radius 1 is 1.44 bits per heavy atom. The molecule has 0 saturated carbocycles. The van der Waals surface area contributed by atoms with Crippen LogP contribution in [0.1, 0.15) is 27.7 Å². The van der Waals surface area contributed by atoms with Gasteiger partial charge in [0, 0.05) is 20.1 Å². The van der Waals surface area contributed by atoms with Crippen LogP contribution in [0.15, 0.2) is 4.99 Å². The van der Waals surface area contributed by atoms with Crippen LogP contribution in [0.25, 0.3) is 0 Å². The molecule has 0 aliphatic rings. The summed E-state index contributed by atoms with van der Waals surface area (Å²) >= 11 is 0. The first-order valence-corrected chi connectivity index (χ1v) is 5.69. The Labute approximate surface area is 98.1 Å². The molecule has 0 heterocycles. The maximum atomic E-state index is 11.7. The molecule has 1 unspecified atom stereocenters. The Bertz CT molecular complexity index is 250. The highest BCUT2D eigenvalue weighted by Crippen LogP contribution is 1.93. The molecule has 0 fully saturated rings. The molecule has 0 aliphatic carbocycles. The molecule has 0 radical (unpaired) electrons. The molecule has 0 rings (SSSR count). The van der Waals surface area contributed by atoms with Gasteiger partial charge in [-0.15, -0.1) is 0 Å². The molecule has 1 amide bonds. The number of rotatable bonds is 5. The first-order chi connectivity index (χ1) is 7.38. The van der Waals surface area contributed by atoms with Crippen LogP contribution >= 0.6 is 0 Å². The van der Waals surface area contributed by atoms with E-state index in [0.29, 0.717) is 25.0 Å². The zero-order valence-electron chi connectivity index (χ0n) is 10.9. The van der Waals surface area contributed by atoms with Crippen molar-refractivity contribution in [2.45, 2.75) is 33.7 Å². The first-order valence-electron chi connectivity index (χ1n) is 5.69. The lowest BCUT2D eigenvalue weighted by molar-refractivity contribution is -0.131. The molecule has 0 saturated heterocycles. The standard InChI is InChI=1S/C11H24N4O/c1-6-15(5)10(16)9(4)14-11(12)13-7-8(2)3/h8-9H,6-7H2,1-5H3,(H3,12,13,14). The maximum absolute atomic E-state index is 11.7. The number of carbonyl (C=O) groups is 1. The highest BCUT2D eigenvalue weighted by molar-refractivity contribution is 5.87. The molecule has 0 aromatic rings. The predicted molar refractivity (Wildman–Crippen MR) is 67.2 cm³/mol. The molecular weight excluding hydrogens is 204 g/mol. The number of hydrogen-bond acceptors (Lipinski definition) is 2. The lowest BCUT2D eigenvalue weighted by Gasteiger charge is -2.20. The number of hydrogen-bond donors (Lipinski definition) is 2. The Morgan fingerprint density at radius 2 is 2.00 bits per heavy atom. The first kappa shape index (κ1) is 14.7. The van der Waals surface area contributed by atoms with E-state index in [1.807, 2.05) is 6.92 Å². The highest BCUT2D eigenvalue weighted by Gasteiger charge is 2.16. The van der Waals surface area contributed by atoms with Gasteiger partial charge in [-0.05, 0) is 19.8 Å². The van der Waals surface area contributed by atoms with Crippen molar-refractivity contribution in [3.63, 3.8) is 0 Å². The molecule has 0 spiro atoms. The van der Waals surface area contributed by atoms with Gasteiger partial charge in [0.05, 0.1) is 0 Å². The van der Waals surface area contributed by atoms with E-state index in [-0.39, 0.29) is 11.9 Å². The highest BCUT2D eigenvalue weighted by atomic mass is 16.2. The molecular formula is C11H24N4O. The molecule has 1 atom stereocenters. The van der Waals surface area contributed by atoms with Gasteiger partial charge in [0.15, 0.2) is 5.96 Å². The number of nitrogens with one attached hydrogen (secondary N) is 1. The molecule has 5 heteroatoms. The average molecular weight is 228 g/mol. The van der Waals surface area contributed by atoms with Crippen LogP contribution in [0.4, 0.5) is 0 Å². The SMILES string of the molecule is CCN(C)C(=O)C(C)NC(N)=NCC(C)C. The van der Waals surface area contributed by atoms with Crippen LogP contribution in [-0.2, 0) is 4.79 Å². The van der Waals surface area contributed by atoms with Gasteiger partial charge < -0.3 is 16.0 Å². The third kappa shape index (κ3) is 5.58. The van der Waals surface area contributed by atoms with E-state index >= 15 is 0 Å². The Hall–Kier alpha value is -1.26. The van der Waals surface area contributed by atoms with E-state index in [1.54, 1.807) is 18.9 Å². The van der Waals surface area contributed by atoms with Crippen molar-refractivity contribution in [2.24, 2.45) is 16.6 Å². The Kier molecular flexibility index (Phi) is 6.53. The summed E-state index contributed by atoms with van der Waals surface area (Å²) in [4.78, 5) is 17.5. The quantitative estimate of drug-likeness (QED) is 0.529. The van der Waals surface area contributed by atoms with Crippen molar-refractivity contribution < 1.29 is 4.79 Å². The Balaban J connectivity index is 4.18. The van der Waals surface area contributed by atoms with Gasteiger partial charge in [0.1, 0.15) is 6.04 Å². The van der Waals surface area contributed by atoms with Gasteiger partial charge >= 0.3 is 0 Å². The second-order valence-electron chi connectivity index (χ2n) is 4.34. The summed E-state index contributed by atoms with van der Waals surface area (Å²) in [7, 11) is 1.77. The monoisotopic (exact) mass is 228 g/mol. The number of amides is 1. The van der Waals surface area contributed by atoms with Crippen LogP contribution in [0.5, 0.6) is 0 Å². The lowest BCUT2D eigenvalue weighted by atomic mass is 10.2. The minimum absolute atomic E-state index is 0.0187. The van der Waals surface area contributed by atoms with Gasteiger partial charge in [0.2, 0.25) is 5.91 Å². The second kappa shape index (κ2) is 7.09. The van der Waals surface area contributed by atoms with Crippen LogP contribution in [0, 0.1) is 5.92 Å². The van der Waals surface area contributed by atoms with Gasteiger partial charge in [-0.1, -0.05) is 13.8 Å². The maximum Gasteiger partial charge on any atom is 0.244 e. The van der Waals surface area contributed by atoms with Crippen molar-refractivity contribution in [3.8, 4) is 0 Å². The number of carbonyl (C=O) groups excluding carboxylic acids is 1. The predicted octanol–water partition coefficient (Wildman–Crippen LogP) is 0.414. The van der Waals surface area contributed by atoms with E-state index in [9.17, 15) is 4.79 Å². The van der Waals surface area contributed by atoms with Gasteiger partial charge in [0.25, 0.3) is 0 Å². The summed E-state index contributed by atoms with van der Waals surface area (Å²) in [5, 5.41) is 2.89. The van der Waals surface area contributed by atoms with Crippen molar-refractivity contribution in [2.75, 3.05) is 20.1 Å². The van der Waals surface area contributed by atoms with Crippen molar-refractivity contribution in [1.82, 2.24) is 10.2 Å². The van der Waals surface area contributed by atoms with Crippen molar-refractivity contribution in [3.05, 3.63) is 0 Å². The zero-order valence-corrected chi connectivity index (χ0v) is 10.9. The number of nitrogens with two attached hydrogens (primary N) is 1. The molecule has 5 nitrogen and oxygen atoms in total. The number of aliphatic imine (C=N–C) groups is 1. The van der Waals surface area contributed by atoms with E-state index in [0.717, 1.165) is 0 Å². The summed E-state index contributed by atoms with van der Waals surface area (Å²) in [5.74, 6) is 0.814. The molecule has 0 aromatic heterocycles. The third-order valence-electron chi connectivity index (χ3n) is 2.21. The lowest BCUT2D eigenvalue weighted by Crippen LogP contribution is -2.48.